The zero-order valence-electron chi connectivity index (χ0n) is 16.3. The molecule has 0 bridgehead atoms. The lowest BCUT2D eigenvalue weighted by molar-refractivity contribution is -0.118. The van der Waals surface area contributed by atoms with Crippen LogP contribution in [0.4, 0.5) is 15.8 Å². The molecular formula is C21H18ClFN2O5S. The van der Waals surface area contributed by atoms with Crippen LogP contribution in [-0.2, 0) is 14.8 Å². The number of amides is 1. The maximum absolute atomic E-state index is 13.1. The van der Waals surface area contributed by atoms with Gasteiger partial charge in [-0.05, 0) is 66.7 Å². The van der Waals surface area contributed by atoms with Gasteiger partial charge in [-0.2, -0.15) is 0 Å². The average Bonchev–Trinajstić information content (AvgIpc) is 2.73. The summed E-state index contributed by atoms with van der Waals surface area (Å²) in [5.74, 6) is -0.294. The minimum absolute atomic E-state index is 0.100. The summed E-state index contributed by atoms with van der Waals surface area (Å²) in [5, 5.41) is 3.17. The van der Waals surface area contributed by atoms with Crippen molar-refractivity contribution >= 4 is 38.9 Å². The first-order valence-electron chi connectivity index (χ1n) is 8.91. The van der Waals surface area contributed by atoms with Gasteiger partial charge in [-0.15, -0.1) is 0 Å². The van der Waals surface area contributed by atoms with Gasteiger partial charge in [0.15, 0.2) is 6.61 Å². The lowest BCUT2D eigenvalue weighted by Gasteiger charge is -2.14. The number of benzene rings is 3. The van der Waals surface area contributed by atoms with Crippen LogP contribution in [0, 0.1) is 5.82 Å². The van der Waals surface area contributed by atoms with Crippen molar-refractivity contribution in [3.8, 4) is 11.5 Å². The molecule has 0 fully saturated rings. The van der Waals surface area contributed by atoms with Crippen LogP contribution >= 0.6 is 11.6 Å². The van der Waals surface area contributed by atoms with Gasteiger partial charge in [0.25, 0.3) is 15.9 Å². The highest BCUT2D eigenvalue weighted by Crippen LogP contribution is 2.30. The van der Waals surface area contributed by atoms with Crippen LogP contribution in [0.2, 0.25) is 5.02 Å². The zero-order chi connectivity index (χ0) is 22.4. The van der Waals surface area contributed by atoms with Gasteiger partial charge in [-0.25, -0.2) is 12.8 Å². The molecule has 0 atom stereocenters. The van der Waals surface area contributed by atoms with E-state index in [0.29, 0.717) is 16.5 Å². The molecule has 3 aromatic carbocycles. The van der Waals surface area contributed by atoms with E-state index in [-0.39, 0.29) is 22.9 Å². The maximum atomic E-state index is 13.1. The minimum atomic E-state index is -4.00. The van der Waals surface area contributed by atoms with Crippen LogP contribution in [0.1, 0.15) is 0 Å². The lowest BCUT2D eigenvalue weighted by atomic mass is 10.2. The molecule has 0 aliphatic rings. The SMILES string of the molecule is COc1ccc(NC(=O)COc2ccc(Cl)cc2)cc1NS(=O)(=O)c1ccc(F)cc1. The minimum Gasteiger partial charge on any atom is -0.495 e. The van der Waals surface area contributed by atoms with Crippen molar-refractivity contribution in [3.63, 3.8) is 0 Å². The number of rotatable bonds is 8. The topological polar surface area (TPSA) is 93.7 Å². The molecule has 0 aromatic heterocycles. The average molecular weight is 465 g/mol. The van der Waals surface area contributed by atoms with Crippen molar-refractivity contribution < 1.29 is 27.1 Å². The fraction of sp³-hybridized carbons (Fsp3) is 0.0952. The maximum Gasteiger partial charge on any atom is 0.262 e. The summed E-state index contributed by atoms with van der Waals surface area (Å²) >= 11 is 5.80. The van der Waals surface area contributed by atoms with Crippen LogP contribution in [0.3, 0.4) is 0 Å². The van der Waals surface area contributed by atoms with Crippen molar-refractivity contribution in [2.45, 2.75) is 4.90 Å². The van der Waals surface area contributed by atoms with Gasteiger partial charge in [0.2, 0.25) is 0 Å². The van der Waals surface area contributed by atoms with Gasteiger partial charge in [0.05, 0.1) is 17.7 Å². The molecule has 3 rings (SSSR count). The smallest absolute Gasteiger partial charge is 0.262 e. The Morgan fingerprint density at radius 2 is 1.71 bits per heavy atom. The van der Waals surface area contributed by atoms with E-state index in [4.69, 9.17) is 21.1 Å². The largest absolute Gasteiger partial charge is 0.495 e. The first kappa shape index (κ1) is 22.4. The molecule has 10 heteroatoms. The van der Waals surface area contributed by atoms with E-state index in [1.54, 1.807) is 30.3 Å². The van der Waals surface area contributed by atoms with Crippen LogP contribution in [-0.4, -0.2) is 28.0 Å². The highest BCUT2D eigenvalue weighted by Gasteiger charge is 2.17. The first-order chi connectivity index (χ1) is 14.8. The van der Waals surface area contributed by atoms with E-state index >= 15 is 0 Å². The normalized spacial score (nSPS) is 10.9. The quantitative estimate of drug-likeness (QED) is 0.518. The van der Waals surface area contributed by atoms with Crippen molar-refractivity contribution in [3.05, 3.63) is 77.6 Å². The summed E-state index contributed by atoms with van der Waals surface area (Å²) in [4.78, 5) is 12.1. The molecule has 0 heterocycles. The lowest BCUT2D eigenvalue weighted by Crippen LogP contribution is -2.20. The van der Waals surface area contributed by atoms with E-state index in [0.717, 1.165) is 24.3 Å². The third kappa shape index (κ3) is 6.09. The summed E-state index contributed by atoms with van der Waals surface area (Å²) < 4.78 is 51.2. The Kier molecular flexibility index (Phi) is 6.98. The molecule has 0 saturated heterocycles. The van der Waals surface area contributed by atoms with E-state index < -0.39 is 21.7 Å². The number of sulfonamides is 1. The Labute approximate surface area is 183 Å². The van der Waals surface area contributed by atoms with E-state index in [1.165, 1.54) is 19.2 Å². The van der Waals surface area contributed by atoms with E-state index in [1.807, 2.05) is 0 Å². The predicted octanol–water partition coefficient (Wildman–Crippen LogP) is 4.31. The Hall–Kier alpha value is -3.30. The van der Waals surface area contributed by atoms with Gasteiger partial charge in [-0.1, -0.05) is 11.6 Å². The Bertz CT molecular complexity index is 1170. The molecule has 7 nitrogen and oxygen atoms in total. The molecule has 162 valence electrons. The third-order valence-electron chi connectivity index (χ3n) is 4.04. The van der Waals surface area contributed by atoms with Gasteiger partial charge >= 0.3 is 0 Å². The van der Waals surface area contributed by atoms with Crippen LogP contribution in [0.15, 0.2) is 71.6 Å². The monoisotopic (exact) mass is 464 g/mol. The molecule has 0 radical (unpaired) electrons. The van der Waals surface area contributed by atoms with Gasteiger partial charge in [-0.3, -0.25) is 9.52 Å². The van der Waals surface area contributed by atoms with E-state index in [2.05, 4.69) is 10.0 Å². The van der Waals surface area contributed by atoms with Gasteiger partial charge in [0.1, 0.15) is 17.3 Å². The second kappa shape index (κ2) is 9.67. The molecule has 1 amide bonds. The molecule has 0 saturated carbocycles. The number of carbonyl (C=O) groups excluding carboxylic acids is 1. The fourth-order valence-electron chi connectivity index (χ4n) is 2.56. The van der Waals surface area contributed by atoms with Crippen molar-refractivity contribution in [1.29, 1.82) is 0 Å². The number of ether oxygens (including phenoxy) is 2. The third-order valence-corrected chi connectivity index (χ3v) is 5.67. The predicted molar refractivity (Wildman–Crippen MR) is 116 cm³/mol. The Balaban J connectivity index is 1.71. The molecule has 2 N–H and O–H groups in total. The number of methoxy groups -OCH3 is 1. The number of hydrogen-bond donors (Lipinski definition) is 2. The van der Waals surface area contributed by atoms with Crippen LogP contribution < -0.4 is 19.5 Å². The highest BCUT2D eigenvalue weighted by atomic mass is 35.5. The summed E-state index contributed by atoms with van der Waals surface area (Å²) in [5.41, 5.74) is 0.422. The molecule has 0 aliphatic carbocycles. The second-order valence-electron chi connectivity index (χ2n) is 6.27. The number of carbonyl (C=O) groups is 1. The van der Waals surface area contributed by atoms with Crippen molar-refractivity contribution in [1.82, 2.24) is 0 Å². The summed E-state index contributed by atoms with van der Waals surface area (Å²) in [6.07, 6.45) is 0. The molecule has 0 unspecified atom stereocenters. The summed E-state index contributed by atoms with van der Waals surface area (Å²) in [6.45, 7) is -0.260. The number of halogens is 2. The summed E-state index contributed by atoms with van der Waals surface area (Å²) in [7, 11) is -2.62. The Morgan fingerprint density at radius 3 is 2.35 bits per heavy atom. The number of nitrogens with one attached hydrogen (secondary N) is 2. The van der Waals surface area contributed by atoms with Gasteiger partial charge < -0.3 is 14.8 Å². The van der Waals surface area contributed by atoms with Crippen molar-refractivity contribution in [2.75, 3.05) is 23.8 Å². The van der Waals surface area contributed by atoms with Gasteiger partial charge in [0, 0.05) is 10.7 Å². The molecular weight excluding hydrogens is 447 g/mol. The summed E-state index contributed by atoms with van der Waals surface area (Å²) in [6, 6.07) is 15.4. The highest BCUT2D eigenvalue weighted by molar-refractivity contribution is 7.92. The molecule has 0 aliphatic heterocycles. The standard InChI is InChI=1S/C21H18ClFN2O5S/c1-29-20-11-6-16(24-21(26)13-30-17-7-2-14(22)3-8-17)12-19(20)25-31(27,28)18-9-4-15(23)5-10-18/h2-12,25H,13H2,1H3,(H,24,26). The first-order valence-corrected chi connectivity index (χ1v) is 10.8. The molecule has 0 spiro atoms. The Morgan fingerprint density at radius 1 is 1.03 bits per heavy atom. The second-order valence-corrected chi connectivity index (χ2v) is 8.38. The van der Waals surface area contributed by atoms with E-state index in [9.17, 15) is 17.6 Å². The van der Waals surface area contributed by atoms with Crippen LogP contribution in [0.25, 0.3) is 0 Å². The number of anilines is 2. The van der Waals surface area contributed by atoms with Crippen LogP contribution in [0.5, 0.6) is 11.5 Å². The van der Waals surface area contributed by atoms with Crippen molar-refractivity contribution in [2.24, 2.45) is 0 Å². The fourth-order valence-corrected chi connectivity index (χ4v) is 3.75. The molecule has 3 aromatic rings. The number of hydrogen-bond acceptors (Lipinski definition) is 5. The molecule has 31 heavy (non-hydrogen) atoms. The zero-order valence-corrected chi connectivity index (χ0v) is 17.8.